The number of hydrogen-bond acceptors (Lipinski definition) is 3. The molecule has 0 amide bonds. The second-order valence-electron chi connectivity index (χ2n) is 2.16. The molecule has 0 fully saturated rings. The van der Waals surface area contributed by atoms with Crippen LogP contribution in [0.4, 0.5) is 19.0 Å². The number of nitrogens with zero attached hydrogens (tertiary/aromatic N) is 2. The summed E-state index contributed by atoms with van der Waals surface area (Å²) in [5.74, 6) is 0.0832. The van der Waals surface area contributed by atoms with Crippen LogP contribution < -0.4 is 5.32 Å². The predicted molar refractivity (Wildman–Crippen MR) is 44.3 cm³/mol. The summed E-state index contributed by atoms with van der Waals surface area (Å²) in [6.07, 6.45) is -1.57. The fourth-order valence-corrected chi connectivity index (χ4v) is 0.984. The van der Waals surface area contributed by atoms with Gasteiger partial charge in [-0.05, 0) is 15.9 Å². The Bertz CT molecular complexity index is 289. The van der Waals surface area contributed by atoms with Crippen molar-refractivity contribution in [3.05, 3.63) is 17.0 Å². The van der Waals surface area contributed by atoms with Gasteiger partial charge in [0.2, 0.25) is 0 Å². The van der Waals surface area contributed by atoms with Crippen LogP contribution in [0.5, 0.6) is 0 Å². The van der Waals surface area contributed by atoms with Gasteiger partial charge in [0, 0.05) is 12.4 Å². The van der Waals surface area contributed by atoms with Crippen molar-refractivity contribution >= 4 is 21.7 Å². The zero-order chi connectivity index (χ0) is 9.90. The summed E-state index contributed by atoms with van der Waals surface area (Å²) in [5.41, 5.74) is 0. The van der Waals surface area contributed by atoms with Crippen LogP contribution in [0.25, 0.3) is 0 Å². The van der Waals surface area contributed by atoms with Gasteiger partial charge in [-0.25, -0.2) is 9.97 Å². The summed E-state index contributed by atoms with van der Waals surface area (Å²) in [5, 5.41) is 2.11. The third-order valence-electron chi connectivity index (χ3n) is 1.11. The number of nitrogens with one attached hydrogen (secondary N) is 1. The molecule has 1 aromatic rings. The van der Waals surface area contributed by atoms with Crippen LogP contribution in [0, 0.1) is 0 Å². The van der Waals surface area contributed by atoms with E-state index < -0.39 is 12.7 Å². The lowest BCUT2D eigenvalue weighted by molar-refractivity contribution is -0.115. The van der Waals surface area contributed by atoms with E-state index in [9.17, 15) is 13.2 Å². The maximum absolute atomic E-state index is 11.7. The van der Waals surface area contributed by atoms with Gasteiger partial charge in [0.25, 0.3) is 0 Å². The molecule has 72 valence electrons. The van der Waals surface area contributed by atoms with E-state index in [1.165, 1.54) is 12.4 Å². The Kier molecular flexibility index (Phi) is 3.07. The van der Waals surface area contributed by atoms with E-state index in [0.717, 1.165) is 0 Å². The minimum absolute atomic E-state index is 0.0832. The van der Waals surface area contributed by atoms with Gasteiger partial charge in [-0.15, -0.1) is 0 Å². The van der Waals surface area contributed by atoms with Crippen LogP contribution in [0.2, 0.25) is 0 Å². The van der Waals surface area contributed by atoms with E-state index in [0.29, 0.717) is 0 Å². The average Bonchev–Trinajstić information content (AvgIpc) is 2.01. The number of halogens is 4. The molecule has 1 N–H and O–H groups in total. The minimum Gasteiger partial charge on any atom is -0.359 e. The van der Waals surface area contributed by atoms with E-state index in [-0.39, 0.29) is 10.4 Å². The molecule has 0 atom stereocenters. The Balaban J connectivity index is 2.60. The molecular formula is C6H5BrF3N3. The van der Waals surface area contributed by atoms with Gasteiger partial charge >= 0.3 is 6.18 Å². The topological polar surface area (TPSA) is 37.8 Å². The minimum atomic E-state index is -4.25. The van der Waals surface area contributed by atoms with Crippen LogP contribution in [0.1, 0.15) is 0 Å². The highest BCUT2D eigenvalue weighted by Gasteiger charge is 2.27. The molecule has 0 saturated heterocycles. The molecule has 7 heteroatoms. The number of anilines is 1. The Hall–Kier alpha value is -0.850. The summed E-state index contributed by atoms with van der Waals surface area (Å²) in [4.78, 5) is 7.36. The van der Waals surface area contributed by atoms with E-state index in [4.69, 9.17) is 0 Å². The van der Waals surface area contributed by atoms with Crippen LogP contribution >= 0.6 is 15.9 Å². The van der Waals surface area contributed by atoms with Crippen molar-refractivity contribution in [2.24, 2.45) is 0 Å². The monoisotopic (exact) mass is 255 g/mol. The zero-order valence-corrected chi connectivity index (χ0v) is 7.85. The standard InChI is InChI=1S/C6H5BrF3N3/c7-4-5(12-2-1-11-4)13-3-6(8,9)10/h1-2H,3H2,(H,12,13). The van der Waals surface area contributed by atoms with Crippen molar-refractivity contribution in [2.75, 3.05) is 11.9 Å². The smallest absolute Gasteiger partial charge is 0.359 e. The van der Waals surface area contributed by atoms with Gasteiger partial charge in [0.15, 0.2) is 5.82 Å². The fourth-order valence-electron chi connectivity index (χ4n) is 0.624. The molecule has 0 aliphatic heterocycles. The molecule has 1 heterocycles. The van der Waals surface area contributed by atoms with E-state index in [1.807, 2.05) is 0 Å². The normalized spacial score (nSPS) is 11.4. The second-order valence-corrected chi connectivity index (χ2v) is 2.92. The second kappa shape index (κ2) is 3.91. The SMILES string of the molecule is FC(F)(F)CNc1nccnc1Br. The summed E-state index contributed by atoms with van der Waals surface area (Å²) in [6.45, 7) is -1.12. The average molecular weight is 256 g/mol. The highest BCUT2D eigenvalue weighted by molar-refractivity contribution is 9.10. The van der Waals surface area contributed by atoms with E-state index in [1.54, 1.807) is 0 Å². The first-order valence-corrected chi connectivity index (χ1v) is 4.05. The van der Waals surface area contributed by atoms with Gasteiger partial charge in [0.05, 0.1) is 0 Å². The lowest BCUT2D eigenvalue weighted by Gasteiger charge is -2.08. The molecule has 1 rings (SSSR count). The molecule has 0 saturated carbocycles. The van der Waals surface area contributed by atoms with Crippen molar-refractivity contribution in [2.45, 2.75) is 6.18 Å². The van der Waals surface area contributed by atoms with Gasteiger partial charge < -0.3 is 5.32 Å². The maximum atomic E-state index is 11.7. The third kappa shape index (κ3) is 3.58. The van der Waals surface area contributed by atoms with Crippen LogP contribution in [0.15, 0.2) is 17.0 Å². The quantitative estimate of drug-likeness (QED) is 0.881. The third-order valence-corrected chi connectivity index (χ3v) is 1.69. The molecule has 3 nitrogen and oxygen atoms in total. The first-order chi connectivity index (χ1) is 5.99. The lowest BCUT2D eigenvalue weighted by atomic mass is 10.6. The Morgan fingerprint density at radius 1 is 1.31 bits per heavy atom. The molecule has 13 heavy (non-hydrogen) atoms. The fraction of sp³-hybridized carbons (Fsp3) is 0.333. The highest BCUT2D eigenvalue weighted by Crippen LogP contribution is 2.19. The molecule has 0 aromatic carbocycles. The summed E-state index contributed by atoms with van der Waals surface area (Å²) < 4.78 is 35.5. The van der Waals surface area contributed by atoms with Crippen molar-refractivity contribution < 1.29 is 13.2 Å². The molecular weight excluding hydrogens is 251 g/mol. The van der Waals surface area contributed by atoms with Crippen LogP contribution in [-0.2, 0) is 0 Å². The van der Waals surface area contributed by atoms with Gasteiger partial charge in [-0.1, -0.05) is 0 Å². The summed E-state index contributed by atoms with van der Waals surface area (Å²) in [6, 6.07) is 0. The molecule has 0 bridgehead atoms. The van der Waals surface area contributed by atoms with Crippen molar-refractivity contribution in [3.8, 4) is 0 Å². The van der Waals surface area contributed by atoms with Crippen molar-refractivity contribution in [1.82, 2.24) is 9.97 Å². The summed E-state index contributed by atoms with van der Waals surface area (Å²) in [7, 11) is 0. The number of hydrogen-bond donors (Lipinski definition) is 1. The van der Waals surface area contributed by atoms with E-state index >= 15 is 0 Å². The molecule has 1 aromatic heterocycles. The number of alkyl halides is 3. The van der Waals surface area contributed by atoms with Crippen molar-refractivity contribution in [3.63, 3.8) is 0 Å². The molecule has 0 spiro atoms. The molecule has 0 unspecified atom stereocenters. The number of rotatable bonds is 2. The number of aromatic nitrogens is 2. The molecule has 0 aliphatic rings. The van der Waals surface area contributed by atoms with Crippen LogP contribution in [0.3, 0.4) is 0 Å². The summed E-state index contributed by atoms with van der Waals surface area (Å²) >= 11 is 2.96. The molecule has 0 radical (unpaired) electrons. The van der Waals surface area contributed by atoms with Gasteiger partial charge in [0.1, 0.15) is 11.1 Å². The van der Waals surface area contributed by atoms with E-state index in [2.05, 4.69) is 31.2 Å². The first-order valence-electron chi connectivity index (χ1n) is 3.26. The van der Waals surface area contributed by atoms with Gasteiger partial charge in [-0.3, -0.25) is 0 Å². The molecule has 0 aliphatic carbocycles. The van der Waals surface area contributed by atoms with Crippen LogP contribution in [-0.4, -0.2) is 22.7 Å². The Morgan fingerprint density at radius 3 is 2.46 bits per heavy atom. The van der Waals surface area contributed by atoms with Gasteiger partial charge in [-0.2, -0.15) is 13.2 Å². The lowest BCUT2D eigenvalue weighted by Crippen LogP contribution is -2.22. The van der Waals surface area contributed by atoms with Crippen molar-refractivity contribution in [1.29, 1.82) is 0 Å². The largest absolute Gasteiger partial charge is 0.405 e. The predicted octanol–water partition coefficient (Wildman–Crippen LogP) is 2.21. The Morgan fingerprint density at radius 2 is 1.92 bits per heavy atom. The highest BCUT2D eigenvalue weighted by atomic mass is 79.9. The maximum Gasteiger partial charge on any atom is 0.405 e. The zero-order valence-electron chi connectivity index (χ0n) is 6.27. The Labute approximate surface area is 80.5 Å². The first kappa shape index (κ1) is 10.2.